The van der Waals surface area contributed by atoms with Crippen molar-refractivity contribution in [3.05, 3.63) is 23.8 Å². The van der Waals surface area contributed by atoms with E-state index >= 15 is 0 Å². The lowest BCUT2D eigenvalue weighted by atomic mass is 9.89. The van der Waals surface area contributed by atoms with Crippen LogP contribution in [0.5, 0.6) is 0 Å². The number of rotatable bonds is 1. The smallest absolute Gasteiger partial charge is 0.0784 e. The molecule has 0 aromatic carbocycles. The van der Waals surface area contributed by atoms with E-state index in [9.17, 15) is 5.11 Å². The normalized spacial score (nSPS) is 29.5. The second kappa shape index (κ2) is 3.69. The Labute approximate surface area is 66.9 Å². The molecule has 1 saturated carbocycles. The van der Waals surface area contributed by atoms with Crippen molar-refractivity contribution in [2.24, 2.45) is 0 Å². The Balaban J connectivity index is 2.52. The van der Waals surface area contributed by atoms with Crippen LogP contribution < -0.4 is 0 Å². The number of aliphatic hydroxyl groups is 2. The molecule has 0 heterocycles. The fourth-order valence-electron chi connectivity index (χ4n) is 1.30. The van der Waals surface area contributed by atoms with Gasteiger partial charge < -0.3 is 10.2 Å². The molecular weight excluding hydrogens is 140 g/mol. The quantitative estimate of drug-likeness (QED) is 0.553. The SMILES string of the molecule is C=C1CCC(=CCO)CC1O. The van der Waals surface area contributed by atoms with Crippen molar-refractivity contribution in [3.8, 4) is 0 Å². The van der Waals surface area contributed by atoms with E-state index in [-0.39, 0.29) is 12.7 Å². The minimum absolute atomic E-state index is 0.0779. The molecule has 2 N–H and O–H groups in total. The third-order valence-corrected chi connectivity index (χ3v) is 2.07. The maximum absolute atomic E-state index is 9.35. The average Bonchev–Trinajstić information content (AvgIpc) is 1.98. The number of aliphatic hydroxyl groups excluding tert-OH is 2. The van der Waals surface area contributed by atoms with E-state index in [1.165, 1.54) is 0 Å². The molecule has 1 fully saturated rings. The van der Waals surface area contributed by atoms with Gasteiger partial charge in [0.25, 0.3) is 0 Å². The maximum atomic E-state index is 9.35. The Morgan fingerprint density at radius 2 is 2.27 bits per heavy atom. The fourth-order valence-corrected chi connectivity index (χ4v) is 1.30. The molecule has 0 aromatic rings. The van der Waals surface area contributed by atoms with Gasteiger partial charge in [0.05, 0.1) is 12.7 Å². The molecule has 1 rings (SSSR count). The monoisotopic (exact) mass is 154 g/mol. The Kier molecular flexibility index (Phi) is 2.85. The predicted octanol–water partition coefficient (Wildman–Crippen LogP) is 1.01. The van der Waals surface area contributed by atoms with Crippen LogP contribution in [0.15, 0.2) is 23.8 Å². The van der Waals surface area contributed by atoms with E-state index in [2.05, 4.69) is 6.58 Å². The van der Waals surface area contributed by atoms with Crippen molar-refractivity contribution in [1.82, 2.24) is 0 Å². The molecule has 0 aliphatic heterocycles. The summed E-state index contributed by atoms with van der Waals surface area (Å²) < 4.78 is 0. The van der Waals surface area contributed by atoms with Crippen LogP contribution in [0.25, 0.3) is 0 Å². The van der Waals surface area contributed by atoms with Crippen LogP contribution in [0.3, 0.4) is 0 Å². The van der Waals surface area contributed by atoms with Gasteiger partial charge in [-0.1, -0.05) is 18.2 Å². The highest BCUT2D eigenvalue weighted by molar-refractivity contribution is 5.18. The lowest BCUT2D eigenvalue weighted by Crippen LogP contribution is -2.16. The first kappa shape index (κ1) is 8.50. The van der Waals surface area contributed by atoms with Crippen LogP contribution in [0.2, 0.25) is 0 Å². The second-order valence-electron chi connectivity index (χ2n) is 2.92. The summed E-state index contributed by atoms with van der Waals surface area (Å²) in [6, 6.07) is 0. The zero-order chi connectivity index (χ0) is 8.27. The van der Waals surface area contributed by atoms with E-state index in [0.717, 1.165) is 24.0 Å². The molecule has 2 heteroatoms. The standard InChI is InChI=1S/C9H14O2/c1-7-2-3-8(4-5-10)6-9(7)11/h4,9-11H,1-3,5-6H2. The molecule has 2 nitrogen and oxygen atoms in total. The van der Waals surface area contributed by atoms with Gasteiger partial charge in [0, 0.05) is 0 Å². The van der Waals surface area contributed by atoms with Crippen molar-refractivity contribution in [3.63, 3.8) is 0 Å². The molecule has 1 aliphatic carbocycles. The Morgan fingerprint density at radius 1 is 1.55 bits per heavy atom. The predicted molar refractivity (Wildman–Crippen MR) is 44.2 cm³/mol. The summed E-state index contributed by atoms with van der Waals surface area (Å²) in [5, 5.41) is 17.9. The van der Waals surface area contributed by atoms with Crippen LogP contribution in [-0.2, 0) is 0 Å². The number of hydrogen-bond donors (Lipinski definition) is 2. The highest BCUT2D eigenvalue weighted by Crippen LogP contribution is 2.26. The maximum Gasteiger partial charge on any atom is 0.0784 e. The van der Waals surface area contributed by atoms with Crippen LogP contribution in [0.4, 0.5) is 0 Å². The molecule has 0 spiro atoms. The summed E-state index contributed by atoms with van der Waals surface area (Å²) in [4.78, 5) is 0. The highest BCUT2D eigenvalue weighted by Gasteiger charge is 2.16. The minimum atomic E-state index is -0.387. The number of hydrogen-bond acceptors (Lipinski definition) is 2. The summed E-state index contributed by atoms with van der Waals surface area (Å²) in [7, 11) is 0. The van der Waals surface area contributed by atoms with Gasteiger partial charge in [-0.15, -0.1) is 0 Å². The van der Waals surface area contributed by atoms with Crippen molar-refractivity contribution in [1.29, 1.82) is 0 Å². The molecule has 0 aromatic heterocycles. The third kappa shape index (κ3) is 2.17. The zero-order valence-corrected chi connectivity index (χ0v) is 6.58. The second-order valence-corrected chi connectivity index (χ2v) is 2.92. The van der Waals surface area contributed by atoms with Gasteiger partial charge in [-0.25, -0.2) is 0 Å². The Bertz CT molecular complexity index is 182. The summed E-state index contributed by atoms with van der Waals surface area (Å²) in [6.45, 7) is 3.83. The van der Waals surface area contributed by atoms with Crippen molar-refractivity contribution < 1.29 is 10.2 Å². The van der Waals surface area contributed by atoms with E-state index < -0.39 is 0 Å². The van der Waals surface area contributed by atoms with Gasteiger partial charge in [0.15, 0.2) is 0 Å². The molecule has 11 heavy (non-hydrogen) atoms. The van der Waals surface area contributed by atoms with Gasteiger partial charge in [0.2, 0.25) is 0 Å². The van der Waals surface area contributed by atoms with E-state index in [4.69, 9.17) is 5.11 Å². The van der Waals surface area contributed by atoms with Crippen LogP contribution in [0, 0.1) is 0 Å². The van der Waals surface area contributed by atoms with Crippen molar-refractivity contribution in [2.75, 3.05) is 6.61 Å². The summed E-state index contributed by atoms with van der Waals surface area (Å²) in [5.74, 6) is 0. The van der Waals surface area contributed by atoms with Crippen LogP contribution in [-0.4, -0.2) is 22.9 Å². The summed E-state index contributed by atoms with van der Waals surface area (Å²) >= 11 is 0. The molecular formula is C9H14O2. The van der Waals surface area contributed by atoms with Gasteiger partial charge in [0.1, 0.15) is 0 Å². The minimum Gasteiger partial charge on any atom is -0.392 e. The van der Waals surface area contributed by atoms with Crippen LogP contribution >= 0.6 is 0 Å². The Morgan fingerprint density at radius 3 is 2.82 bits per heavy atom. The van der Waals surface area contributed by atoms with Gasteiger partial charge in [-0.3, -0.25) is 0 Å². The van der Waals surface area contributed by atoms with E-state index in [1.54, 1.807) is 6.08 Å². The molecule has 62 valence electrons. The van der Waals surface area contributed by atoms with Crippen LogP contribution in [0.1, 0.15) is 19.3 Å². The Hall–Kier alpha value is -0.600. The molecule has 0 amide bonds. The van der Waals surface area contributed by atoms with Crippen molar-refractivity contribution in [2.45, 2.75) is 25.4 Å². The molecule has 1 aliphatic rings. The first-order valence-corrected chi connectivity index (χ1v) is 3.88. The van der Waals surface area contributed by atoms with Gasteiger partial charge in [-0.05, 0) is 24.8 Å². The average molecular weight is 154 g/mol. The lowest BCUT2D eigenvalue weighted by Gasteiger charge is -2.21. The first-order valence-electron chi connectivity index (χ1n) is 3.88. The lowest BCUT2D eigenvalue weighted by molar-refractivity contribution is 0.197. The highest BCUT2D eigenvalue weighted by atomic mass is 16.3. The molecule has 0 radical (unpaired) electrons. The summed E-state index contributed by atoms with van der Waals surface area (Å²) in [6.07, 6.45) is 3.83. The van der Waals surface area contributed by atoms with Gasteiger partial charge in [-0.2, -0.15) is 0 Å². The fraction of sp³-hybridized carbons (Fsp3) is 0.556. The van der Waals surface area contributed by atoms with E-state index in [0.29, 0.717) is 6.42 Å². The molecule has 0 saturated heterocycles. The topological polar surface area (TPSA) is 40.5 Å². The third-order valence-electron chi connectivity index (χ3n) is 2.07. The molecule has 1 atom stereocenters. The molecule has 1 unspecified atom stereocenters. The zero-order valence-electron chi connectivity index (χ0n) is 6.58. The largest absolute Gasteiger partial charge is 0.392 e. The molecule has 0 bridgehead atoms. The van der Waals surface area contributed by atoms with Gasteiger partial charge >= 0.3 is 0 Å². The van der Waals surface area contributed by atoms with Crippen molar-refractivity contribution >= 4 is 0 Å². The first-order chi connectivity index (χ1) is 5.24. The van der Waals surface area contributed by atoms with E-state index in [1.807, 2.05) is 0 Å². The summed E-state index contributed by atoms with van der Waals surface area (Å²) in [5.41, 5.74) is 2.06.